The summed E-state index contributed by atoms with van der Waals surface area (Å²) in [5, 5.41) is 11.1. The predicted molar refractivity (Wildman–Crippen MR) is 61.5 cm³/mol. The molecule has 1 aromatic carbocycles. The fraction of sp³-hybridized carbons (Fsp3) is 0.167. The molecule has 1 rings (SSSR count). The van der Waals surface area contributed by atoms with Crippen molar-refractivity contribution in [3.05, 3.63) is 42.5 Å². The molecule has 90 valence electrons. The molecule has 1 atom stereocenters. The summed E-state index contributed by atoms with van der Waals surface area (Å²) < 4.78 is 5.13. The van der Waals surface area contributed by atoms with Gasteiger partial charge in [-0.1, -0.05) is 24.3 Å². The number of carboxylic acids is 1. The van der Waals surface area contributed by atoms with E-state index in [2.05, 4.69) is 5.32 Å². The van der Waals surface area contributed by atoms with Crippen LogP contribution in [0.2, 0.25) is 0 Å². The van der Waals surface area contributed by atoms with E-state index in [4.69, 9.17) is 9.84 Å². The number of allylic oxidation sites excluding steroid dienone is 1. The lowest BCUT2D eigenvalue weighted by atomic mass is 10.3. The molecule has 0 aliphatic rings. The average molecular weight is 235 g/mol. The number of para-hydroxylation sites is 1. The standard InChI is InChI=1S/C12H13NO4/c1-2-6-10(14)13-11(12(15)16)17-9-7-4-3-5-8-9/h2-8,11H,1H3,(H,13,14)(H,15,16)/b6-2+. The zero-order chi connectivity index (χ0) is 12.7. The Bertz CT molecular complexity index is 414. The fourth-order valence-corrected chi connectivity index (χ4v) is 1.11. The second kappa shape index (κ2) is 6.32. The second-order valence-electron chi connectivity index (χ2n) is 3.16. The molecule has 1 aromatic rings. The molecule has 2 N–H and O–H groups in total. The molecular weight excluding hydrogens is 222 g/mol. The molecule has 0 radical (unpaired) electrons. The third-order valence-corrected chi connectivity index (χ3v) is 1.81. The lowest BCUT2D eigenvalue weighted by molar-refractivity contribution is -0.148. The number of carbonyl (C=O) groups excluding carboxylic acids is 1. The molecule has 0 saturated carbocycles. The number of carboxylic acid groups (broad SMARTS) is 1. The summed E-state index contributed by atoms with van der Waals surface area (Å²) in [7, 11) is 0. The first-order valence-electron chi connectivity index (χ1n) is 5.01. The van der Waals surface area contributed by atoms with Crippen molar-refractivity contribution >= 4 is 11.9 Å². The molecule has 17 heavy (non-hydrogen) atoms. The van der Waals surface area contributed by atoms with Crippen LogP contribution in [0, 0.1) is 0 Å². The summed E-state index contributed by atoms with van der Waals surface area (Å²) in [5.74, 6) is -1.40. The number of aliphatic carboxylic acids is 1. The van der Waals surface area contributed by atoms with Gasteiger partial charge in [0.05, 0.1) is 0 Å². The van der Waals surface area contributed by atoms with Gasteiger partial charge in [0, 0.05) is 0 Å². The molecule has 0 saturated heterocycles. The van der Waals surface area contributed by atoms with Gasteiger partial charge < -0.3 is 15.2 Å². The molecule has 0 bridgehead atoms. The quantitative estimate of drug-likeness (QED) is 0.593. The highest BCUT2D eigenvalue weighted by atomic mass is 16.5. The normalized spacial score (nSPS) is 12.1. The first-order chi connectivity index (χ1) is 8.13. The Labute approximate surface area is 98.7 Å². The van der Waals surface area contributed by atoms with Gasteiger partial charge in [-0.15, -0.1) is 0 Å². The Hall–Kier alpha value is -2.30. The van der Waals surface area contributed by atoms with E-state index >= 15 is 0 Å². The van der Waals surface area contributed by atoms with Crippen LogP contribution in [0.3, 0.4) is 0 Å². The van der Waals surface area contributed by atoms with Crippen molar-refractivity contribution < 1.29 is 19.4 Å². The molecule has 0 heterocycles. The van der Waals surface area contributed by atoms with E-state index in [9.17, 15) is 9.59 Å². The molecule has 0 aliphatic heterocycles. The first kappa shape index (κ1) is 12.8. The molecule has 0 aromatic heterocycles. The van der Waals surface area contributed by atoms with Crippen LogP contribution in [0.15, 0.2) is 42.5 Å². The van der Waals surface area contributed by atoms with Gasteiger partial charge in [0.2, 0.25) is 5.91 Å². The summed E-state index contributed by atoms with van der Waals surface area (Å²) in [6, 6.07) is 8.42. The van der Waals surface area contributed by atoms with E-state index < -0.39 is 18.1 Å². The van der Waals surface area contributed by atoms with Crippen LogP contribution >= 0.6 is 0 Å². The molecule has 1 amide bonds. The monoisotopic (exact) mass is 235 g/mol. The Morgan fingerprint density at radius 3 is 2.53 bits per heavy atom. The Kier molecular flexibility index (Phi) is 4.75. The van der Waals surface area contributed by atoms with E-state index in [-0.39, 0.29) is 0 Å². The van der Waals surface area contributed by atoms with Gasteiger partial charge in [-0.3, -0.25) is 4.79 Å². The fourth-order valence-electron chi connectivity index (χ4n) is 1.11. The minimum atomic E-state index is -1.40. The van der Waals surface area contributed by atoms with Crippen LogP contribution < -0.4 is 10.1 Å². The maximum atomic E-state index is 11.2. The lowest BCUT2D eigenvalue weighted by Gasteiger charge is -2.15. The van der Waals surface area contributed by atoms with Gasteiger partial charge in [-0.25, -0.2) is 4.79 Å². The van der Waals surface area contributed by atoms with Crippen molar-refractivity contribution in [1.82, 2.24) is 5.32 Å². The first-order valence-corrected chi connectivity index (χ1v) is 5.01. The molecule has 1 unspecified atom stereocenters. The maximum absolute atomic E-state index is 11.2. The van der Waals surface area contributed by atoms with Gasteiger partial charge in [0.15, 0.2) is 0 Å². The van der Waals surface area contributed by atoms with Crippen molar-refractivity contribution in [3.8, 4) is 5.75 Å². The zero-order valence-corrected chi connectivity index (χ0v) is 9.29. The predicted octanol–water partition coefficient (Wildman–Crippen LogP) is 1.17. The number of hydrogen-bond donors (Lipinski definition) is 2. The summed E-state index contributed by atoms with van der Waals surface area (Å²) >= 11 is 0. The minimum Gasteiger partial charge on any atom is -0.477 e. The topological polar surface area (TPSA) is 75.6 Å². The van der Waals surface area contributed by atoms with Gasteiger partial charge in [-0.2, -0.15) is 0 Å². The highest BCUT2D eigenvalue weighted by Crippen LogP contribution is 2.10. The second-order valence-corrected chi connectivity index (χ2v) is 3.16. The van der Waals surface area contributed by atoms with E-state index in [1.165, 1.54) is 12.2 Å². The molecule has 5 heteroatoms. The summed E-state index contributed by atoms with van der Waals surface area (Å²) in [6.07, 6.45) is 1.34. The van der Waals surface area contributed by atoms with Crippen LogP contribution in [0.1, 0.15) is 6.92 Å². The van der Waals surface area contributed by atoms with Crippen molar-refractivity contribution in [3.63, 3.8) is 0 Å². The molecule has 5 nitrogen and oxygen atoms in total. The molecule has 0 aliphatic carbocycles. The van der Waals surface area contributed by atoms with E-state index in [1.54, 1.807) is 37.3 Å². The number of hydrogen-bond acceptors (Lipinski definition) is 3. The number of nitrogens with one attached hydrogen (secondary N) is 1. The minimum absolute atomic E-state index is 0.376. The van der Waals surface area contributed by atoms with E-state index in [0.717, 1.165) is 0 Å². The average Bonchev–Trinajstić information content (AvgIpc) is 2.29. The lowest BCUT2D eigenvalue weighted by Crippen LogP contribution is -2.44. The number of carbonyl (C=O) groups is 2. The van der Waals surface area contributed by atoms with Crippen molar-refractivity contribution in [1.29, 1.82) is 0 Å². The highest BCUT2D eigenvalue weighted by molar-refractivity contribution is 5.90. The van der Waals surface area contributed by atoms with Crippen molar-refractivity contribution in [2.45, 2.75) is 13.2 Å². The largest absolute Gasteiger partial charge is 0.477 e. The van der Waals surface area contributed by atoms with Gasteiger partial charge in [0.25, 0.3) is 6.23 Å². The number of benzene rings is 1. The summed E-state index contributed by atoms with van der Waals surface area (Å²) in [5.41, 5.74) is 0. The molecule has 0 spiro atoms. The molecule has 0 fully saturated rings. The van der Waals surface area contributed by atoms with Crippen molar-refractivity contribution in [2.75, 3.05) is 0 Å². The Balaban J connectivity index is 2.67. The van der Waals surface area contributed by atoms with Crippen LogP contribution in [0.5, 0.6) is 5.75 Å². The van der Waals surface area contributed by atoms with Gasteiger partial charge >= 0.3 is 5.97 Å². The smallest absolute Gasteiger partial charge is 0.366 e. The van der Waals surface area contributed by atoms with Crippen molar-refractivity contribution in [2.24, 2.45) is 0 Å². The van der Waals surface area contributed by atoms with Gasteiger partial charge in [-0.05, 0) is 25.1 Å². The Morgan fingerprint density at radius 1 is 1.35 bits per heavy atom. The Morgan fingerprint density at radius 2 is 2.00 bits per heavy atom. The summed E-state index contributed by atoms with van der Waals surface area (Å²) in [6.45, 7) is 1.66. The highest BCUT2D eigenvalue weighted by Gasteiger charge is 2.20. The number of ether oxygens (including phenoxy) is 1. The van der Waals surface area contributed by atoms with E-state index in [1.807, 2.05) is 0 Å². The van der Waals surface area contributed by atoms with Crippen LogP contribution in [-0.4, -0.2) is 23.2 Å². The number of amides is 1. The molecular formula is C12H13NO4. The zero-order valence-electron chi connectivity index (χ0n) is 9.29. The van der Waals surface area contributed by atoms with Crippen LogP contribution in [0.4, 0.5) is 0 Å². The van der Waals surface area contributed by atoms with Crippen LogP contribution in [0.25, 0.3) is 0 Å². The third-order valence-electron chi connectivity index (χ3n) is 1.81. The van der Waals surface area contributed by atoms with E-state index in [0.29, 0.717) is 5.75 Å². The number of rotatable bonds is 5. The third kappa shape index (κ3) is 4.38. The van der Waals surface area contributed by atoms with Gasteiger partial charge in [0.1, 0.15) is 5.75 Å². The maximum Gasteiger partial charge on any atom is 0.366 e. The SMILES string of the molecule is C/C=C/C(=O)NC(Oc1ccccc1)C(=O)O. The summed E-state index contributed by atoms with van der Waals surface area (Å²) in [4.78, 5) is 22.1. The van der Waals surface area contributed by atoms with Crippen LogP contribution in [-0.2, 0) is 9.59 Å².